The molecular formula is C22H27NO4S. The van der Waals surface area contributed by atoms with Crippen molar-refractivity contribution in [3.05, 3.63) is 54.1 Å². The van der Waals surface area contributed by atoms with E-state index in [2.05, 4.69) is 17.4 Å². The van der Waals surface area contributed by atoms with E-state index in [-0.39, 0.29) is 10.8 Å². The third-order valence-corrected chi connectivity index (χ3v) is 6.60. The highest BCUT2D eigenvalue weighted by Gasteiger charge is 2.24. The monoisotopic (exact) mass is 401 g/mol. The van der Waals surface area contributed by atoms with Gasteiger partial charge >= 0.3 is 0 Å². The fraction of sp³-hybridized carbons (Fsp3) is 0.409. The second kappa shape index (κ2) is 8.78. The lowest BCUT2D eigenvalue weighted by atomic mass is 9.77. The van der Waals surface area contributed by atoms with E-state index in [1.165, 1.54) is 24.0 Å². The van der Waals surface area contributed by atoms with Gasteiger partial charge in [0.15, 0.2) is 9.84 Å². The Kier molecular flexibility index (Phi) is 6.39. The van der Waals surface area contributed by atoms with Crippen molar-refractivity contribution >= 4 is 21.4 Å². The van der Waals surface area contributed by atoms with Crippen LogP contribution in [0.25, 0.3) is 0 Å². The summed E-state index contributed by atoms with van der Waals surface area (Å²) in [5.74, 6) is 1.80. The number of hydrogen-bond donors (Lipinski definition) is 1. The second-order valence-electron chi connectivity index (χ2n) is 7.54. The van der Waals surface area contributed by atoms with Crippen molar-refractivity contribution in [3.63, 3.8) is 0 Å². The molecule has 2 aromatic carbocycles. The number of nitrogens with one attached hydrogen (secondary N) is 1. The van der Waals surface area contributed by atoms with Gasteiger partial charge in [0.2, 0.25) is 5.91 Å². The van der Waals surface area contributed by atoms with Crippen LogP contribution in [0.15, 0.2) is 53.4 Å². The molecule has 1 saturated carbocycles. The SMILES string of the molecule is COc1ccc(C2CCC(CC(=O)Nc3ccc(S(C)(=O)=O)cc3)CC2)cc1. The predicted molar refractivity (Wildman–Crippen MR) is 110 cm³/mol. The lowest BCUT2D eigenvalue weighted by Crippen LogP contribution is -2.20. The number of sulfone groups is 1. The van der Waals surface area contributed by atoms with Crippen molar-refractivity contribution in [1.82, 2.24) is 0 Å². The first-order valence-corrected chi connectivity index (χ1v) is 11.5. The summed E-state index contributed by atoms with van der Waals surface area (Å²) in [7, 11) is -1.55. The Morgan fingerprint density at radius 2 is 1.61 bits per heavy atom. The van der Waals surface area contributed by atoms with Gasteiger partial charge in [-0.2, -0.15) is 0 Å². The minimum atomic E-state index is -3.22. The van der Waals surface area contributed by atoms with Crippen LogP contribution in [-0.4, -0.2) is 27.7 Å². The van der Waals surface area contributed by atoms with E-state index in [0.29, 0.717) is 23.9 Å². The highest BCUT2D eigenvalue weighted by molar-refractivity contribution is 7.90. The molecule has 0 unspecified atom stereocenters. The molecule has 0 spiro atoms. The zero-order valence-corrected chi connectivity index (χ0v) is 17.2. The fourth-order valence-electron chi connectivity index (χ4n) is 3.84. The summed E-state index contributed by atoms with van der Waals surface area (Å²) in [5, 5.41) is 2.88. The van der Waals surface area contributed by atoms with Gasteiger partial charge in [-0.05, 0) is 79.5 Å². The van der Waals surface area contributed by atoms with Crippen molar-refractivity contribution in [1.29, 1.82) is 0 Å². The molecule has 0 aromatic heterocycles. The molecule has 150 valence electrons. The number of carbonyl (C=O) groups excluding carboxylic acids is 1. The molecule has 1 amide bonds. The summed E-state index contributed by atoms with van der Waals surface area (Å²) in [6.45, 7) is 0. The molecule has 1 aliphatic carbocycles. The van der Waals surface area contributed by atoms with E-state index in [4.69, 9.17) is 4.74 Å². The van der Waals surface area contributed by atoms with Gasteiger partial charge in [0, 0.05) is 18.4 Å². The summed E-state index contributed by atoms with van der Waals surface area (Å²) in [5.41, 5.74) is 1.97. The molecule has 0 heterocycles. The average molecular weight is 402 g/mol. The van der Waals surface area contributed by atoms with Gasteiger partial charge < -0.3 is 10.1 Å². The topological polar surface area (TPSA) is 72.5 Å². The van der Waals surface area contributed by atoms with Gasteiger partial charge in [0.1, 0.15) is 5.75 Å². The van der Waals surface area contributed by atoms with Crippen molar-refractivity contribution in [3.8, 4) is 5.75 Å². The third-order valence-electron chi connectivity index (χ3n) is 5.47. The fourth-order valence-corrected chi connectivity index (χ4v) is 4.47. The number of methoxy groups -OCH3 is 1. The van der Waals surface area contributed by atoms with Crippen LogP contribution in [0.2, 0.25) is 0 Å². The molecule has 5 nitrogen and oxygen atoms in total. The molecule has 0 saturated heterocycles. The lowest BCUT2D eigenvalue weighted by molar-refractivity contribution is -0.117. The Labute approximate surface area is 167 Å². The molecule has 0 aliphatic heterocycles. The minimum absolute atomic E-state index is 0.0139. The van der Waals surface area contributed by atoms with Crippen LogP contribution in [0.1, 0.15) is 43.6 Å². The molecule has 1 aliphatic rings. The Balaban J connectivity index is 1.48. The number of amides is 1. The standard InChI is InChI=1S/C22H27NO4S/c1-27-20-11-7-18(8-12-20)17-5-3-16(4-6-17)15-22(24)23-19-9-13-21(14-10-19)28(2,25)26/h7-14,16-17H,3-6,15H2,1-2H3,(H,23,24). The van der Waals surface area contributed by atoms with E-state index < -0.39 is 9.84 Å². The quantitative estimate of drug-likeness (QED) is 0.779. The summed E-state index contributed by atoms with van der Waals surface area (Å²) in [6.07, 6.45) is 5.93. The summed E-state index contributed by atoms with van der Waals surface area (Å²) >= 11 is 0. The van der Waals surface area contributed by atoms with Gasteiger partial charge in [0.25, 0.3) is 0 Å². The van der Waals surface area contributed by atoms with Crippen molar-refractivity contribution in [2.75, 3.05) is 18.7 Å². The Morgan fingerprint density at radius 3 is 2.14 bits per heavy atom. The number of carbonyl (C=O) groups is 1. The van der Waals surface area contributed by atoms with Crippen LogP contribution in [0.4, 0.5) is 5.69 Å². The predicted octanol–water partition coefficient (Wildman–Crippen LogP) is 4.40. The van der Waals surface area contributed by atoms with Gasteiger partial charge in [0.05, 0.1) is 12.0 Å². The van der Waals surface area contributed by atoms with E-state index in [1.54, 1.807) is 19.2 Å². The molecule has 0 radical (unpaired) electrons. The highest BCUT2D eigenvalue weighted by Crippen LogP contribution is 2.37. The van der Waals surface area contributed by atoms with Gasteiger partial charge in [-0.15, -0.1) is 0 Å². The molecule has 0 atom stereocenters. The minimum Gasteiger partial charge on any atom is -0.497 e. The molecule has 1 N–H and O–H groups in total. The molecule has 3 rings (SSSR count). The molecule has 6 heteroatoms. The van der Waals surface area contributed by atoms with Crippen molar-refractivity contribution in [2.24, 2.45) is 5.92 Å². The Morgan fingerprint density at radius 1 is 1.00 bits per heavy atom. The van der Waals surface area contributed by atoms with Crippen LogP contribution in [-0.2, 0) is 14.6 Å². The van der Waals surface area contributed by atoms with Crippen molar-refractivity contribution < 1.29 is 17.9 Å². The zero-order chi connectivity index (χ0) is 20.1. The molecule has 28 heavy (non-hydrogen) atoms. The Hall–Kier alpha value is -2.34. The average Bonchev–Trinajstić information content (AvgIpc) is 2.68. The summed E-state index contributed by atoms with van der Waals surface area (Å²) in [4.78, 5) is 12.6. The largest absolute Gasteiger partial charge is 0.497 e. The maximum absolute atomic E-state index is 12.3. The summed E-state index contributed by atoms with van der Waals surface area (Å²) in [6, 6.07) is 14.6. The number of anilines is 1. The van der Waals surface area contributed by atoms with E-state index in [0.717, 1.165) is 31.4 Å². The second-order valence-corrected chi connectivity index (χ2v) is 9.56. The first kappa shape index (κ1) is 20.4. The van der Waals surface area contributed by atoms with Crippen LogP contribution < -0.4 is 10.1 Å². The highest BCUT2D eigenvalue weighted by atomic mass is 32.2. The van der Waals surface area contributed by atoms with Crippen molar-refractivity contribution in [2.45, 2.75) is 42.9 Å². The van der Waals surface area contributed by atoms with Crippen LogP contribution >= 0.6 is 0 Å². The van der Waals surface area contributed by atoms with Crippen LogP contribution in [0, 0.1) is 5.92 Å². The third kappa shape index (κ3) is 5.35. The molecule has 1 fully saturated rings. The van der Waals surface area contributed by atoms with Gasteiger partial charge in [-0.25, -0.2) is 8.42 Å². The van der Waals surface area contributed by atoms with Crippen LogP contribution in [0.3, 0.4) is 0 Å². The number of ether oxygens (including phenoxy) is 1. The maximum Gasteiger partial charge on any atom is 0.224 e. The van der Waals surface area contributed by atoms with Gasteiger partial charge in [-0.3, -0.25) is 4.79 Å². The zero-order valence-electron chi connectivity index (χ0n) is 16.4. The van der Waals surface area contributed by atoms with Gasteiger partial charge in [-0.1, -0.05) is 12.1 Å². The number of rotatable bonds is 6. The lowest BCUT2D eigenvalue weighted by Gasteiger charge is -2.28. The normalized spacial score (nSPS) is 19.8. The number of hydrogen-bond acceptors (Lipinski definition) is 4. The first-order valence-electron chi connectivity index (χ1n) is 9.59. The molecule has 2 aromatic rings. The molecule has 0 bridgehead atoms. The van der Waals surface area contributed by atoms with Crippen LogP contribution in [0.5, 0.6) is 5.75 Å². The van der Waals surface area contributed by atoms with E-state index >= 15 is 0 Å². The number of benzene rings is 2. The Bertz CT molecular complexity index is 897. The smallest absolute Gasteiger partial charge is 0.224 e. The first-order chi connectivity index (χ1) is 13.3. The molecular weight excluding hydrogens is 374 g/mol. The maximum atomic E-state index is 12.3. The van der Waals surface area contributed by atoms with E-state index in [1.807, 2.05) is 12.1 Å². The van der Waals surface area contributed by atoms with E-state index in [9.17, 15) is 13.2 Å². The summed E-state index contributed by atoms with van der Waals surface area (Å²) < 4.78 is 28.2.